The van der Waals surface area contributed by atoms with Gasteiger partial charge in [0, 0.05) is 65.4 Å². The van der Waals surface area contributed by atoms with E-state index in [4.69, 9.17) is 0 Å². The molecule has 0 unspecified atom stereocenters. The van der Waals surface area contributed by atoms with Crippen LogP contribution in [-0.2, 0) is 19.2 Å². The number of nitrogens with zero attached hydrogens (tertiary/aromatic N) is 4. The summed E-state index contributed by atoms with van der Waals surface area (Å²) in [4.78, 5) is 53.0. The van der Waals surface area contributed by atoms with Crippen LogP contribution in [0.1, 0.15) is 6.92 Å². The van der Waals surface area contributed by atoms with Crippen molar-refractivity contribution in [3.05, 3.63) is 0 Å². The number of aliphatic carboxylic acids is 1. The minimum absolute atomic E-state index is 0.0355. The van der Waals surface area contributed by atoms with Crippen molar-refractivity contribution in [2.45, 2.75) is 6.92 Å². The van der Waals surface area contributed by atoms with E-state index in [1.54, 1.807) is 0 Å². The SMILES string of the molecule is CCN1CCN(CC=O)CCN(CC(=O)NCCNC=O)CCN(CC(=O)O)CC1. The van der Waals surface area contributed by atoms with Gasteiger partial charge in [-0.25, -0.2) is 0 Å². The highest BCUT2D eigenvalue weighted by molar-refractivity contribution is 5.78. The minimum Gasteiger partial charge on any atom is -0.480 e. The van der Waals surface area contributed by atoms with Crippen molar-refractivity contribution in [2.75, 3.05) is 91.6 Å². The van der Waals surface area contributed by atoms with Crippen LogP contribution in [0.3, 0.4) is 0 Å². The second-order valence-corrected chi connectivity index (χ2v) is 7.27. The van der Waals surface area contributed by atoms with Gasteiger partial charge in [-0.1, -0.05) is 6.92 Å². The number of nitrogens with one attached hydrogen (secondary N) is 2. The molecule has 172 valence electrons. The van der Waals surface area contributed by atoms with Crippen LogP contribution >= 0.6 is 0 Å². The van der Waals surface area contributed by atoms with E-state index in [2.05, 4.69) is 27.4 Å². The fraction of sp³-hybridized carbons (Fsp3) is 0.789. The fourth-order valence-corrected chi connectivity index (χ4v) is 3.28. The van der Waals surface area contributed by atoms with Crippen molar-refractivity contribution in [3.8, 4) is 0 Å². The van der Waals surface area contributed by atoms with E-state index >= 15 is 0 Å². The number of amides is 2. The summed E-state index contributed by atoms with van der Waals surface area (Å²) in [6.07, 6.45) is 1.48. The molecule has 0 aromatic heterocycles. The molecular weight excluding hydrogens is 392 g/mol. The lowest BCUT2D eigenvalue weighted by atomic mass is 10.3. The molecule has 30 heavy (non-hydrogen) atoms. The molecule has 1 rings (SSSR count). The van der Waals surface area contributed by atoms with Crippen molar-refractivity contribution < 1.29 is 24.3 Å². The monoisotopic (exact) mass is 428 g/mol. The zero-order valence-corrected chi connectivity index (χ0v) is 17.9. The summed E-state index contributed by atoms with van der Waals surface area (Å²) in [6.45, 7) is 9.39. The fourth-order valence-electron chi connectivity index (χ4n) is 3.28. The number of aldehydes is 1. The highest BCUT2D eigenvalue weighted by atomic mass is 16.4. The van der Waals surface area contributed by atoms with E-state index in [1.807, 2.05) is 9.80 Å². The van der Waals surface area contributed by atoms with E-state index in [0.717, 1.165) is 32.5 Å². The number of hydrogen-bond acceptors (Lipinski definition) is 8. The first-order chi connectivity index (χ1) is 14.5. The molecule has 1 heterocycles. The van der Waals surface area contributed by atoms with E-state index < -0.39 is 5.97 Å². The first-order valence-corrected chi connectivity index (χ1v) is 10.5. The number of carboxylic acids is 1. The molecule has 3 N–H and O–H groups in total. The molecule has 0 bridgehead atoms. The average molecular weight is 429 g/mol. The van der Waals surface area contributed by atoms with E-state index in [9.17, 15) is 24.3 Å². The Labute approximate surface area is 178 Å². The van der Waals surface area contributed by atoms with E-state index in [0.29, 0.717) is 58.8 Å². The van der Waals surface area contributed by atoms with Crippen molar-refractivity contribution in [2.24, 2.45) is 0 Å². The predicted molar refractivity (Wildman–Crippen MR) is 112 cm³/mol. The number of likely N-dealkylation sites (N-methyl/N-ethyl adjacent to an activating group) is 1. The summed E-state index contributed by atoms with van der Waals surface area (Å²) in [5, 5.41) is 14.5. The Balaban J connectivity index is 2.75. The quantitative estimate of drug-likeness (QED) is 0.239. The van der Waals surface area contributed by atoms with Crippen LogP contribution in [0.25, 0.3) is 0 Å². The molecule has 1 aliphatic heterocycles. The predicted octanol–water partition coefficient (Wildman–Crippen LogP) is -2.63. The maximum Gasteiger partial charge on any atom is 0.317 e. The Morgan fingerprint density at radius 2 is 1.37 bits per heavy atom. The van der Waals surface area contributed by atoms with Crippen LogP contribution in [0.2, 0.25) is 0 Å². The normalized spacial score (nSPS) is 18.7. The number of rotatable bonds is 11. The topological polar surface area (TPSA) is 126 Å². The van der Waals surface area contributed by atoms with Gasteiger partial charge in [0.1, 0.15) is 6.29 Å². The molecule has 0 aromatic rings. The van der Waals surface area contributed by atoms with Gasteiger partial charge in [0.05, 0.1) is 19.6 Å². The van der Waals surface area contributed by atoms with Crippen molar-refractivity contribution in [1.29, 1.82) is 0 Å². The number of hydrogen-bond donors (Lipinski definition) is 3. The van der Waals surface area contributed by atoms with Gasteiger partial charge in [-0.05, 0) is 6.54 Å². The average Bonchev–Trinajstić information content (AvgIpc) is 2.71. The first kappa shape index (κ1) is 26.0. The molecule has 2 amide bonds. The number of carbonyl (C=O) groups excluding carboxylic acids is 3. The molecule has 1 saturated heterocycles. The van der Waals surface area contributed by atoms with Crippen LogP contribution in [0.15, 0.2) is 0 Å². The largest absolute Gasteiger partial charge is 0.480 e. The molecule has 0 radical (unpaired) electrons. The van der Waals surface area contributed by atoms with Gasteiger partial charge in [0.15, 0.2) is 0 Å². The standard InChI is InChI=1S/C19H36N6O5/c1-2-22-5-7-23(13-14-26)8-10-24(15-18(28)21-4-3-20-17-27)11-12-25(9-6-22)16-19(29)30/h14,17H,2-13,15-16H2,1H3,(H,20,27)(H,21,28)(H,29,30). The van der Waals surface area contributed by atoms with Gasteiger partial charge in [0.2, 0.25) is 12.3 Å². The summed E-state index contributed by atoms with van der Waals surface area (Å²) in [7, 11) is 0. The lowest BCUT2D eigenvalue weighted by Crippen LogP contribution is -2.49. The van der Waals surface area contributed by atoms with E-state index in [-0.39, 0.29) is 19.0 Å². The maximum absolute atomic E-state index is 12.2. The Morgan fingerprint density at radius 3 is 1.87 bits per heavy atom. The maximum atomic E-state index is 12.2. The van der Waals surface area contributed by atoms with Crippen LogP contribution in [-0.4, -0.2) is 141 Å². The lowest BCUT2D eigenvalue weighted by Gasteiger charge is -2.32. The molecular formula is C19H36N6O5. The summed E-state index contributed by atoms with van der Waals surface area (Å²) >= 11 is 0. The zero-order chi connectivity index (χ0) is 22.2. The molecule has 0 atom stereocenters. The van der Waals surface area contributed by atoms with Crippen LogP contribution in [0.5, 0.6) is 0 Å². The summed E-state index contributed by atoms with van der Waals surface area (Å²) in [6, 6.07) is 0. The minimum atomic E-state index is -0.866. The highest BCUT2D eigenvalue weighted by Crippen LogP contribution is 2.00. The van der Waals surface area contributed by atoms with Crippen LogP contribution in [0, 0.1) is 0 Å². The van der Waals surface area contributed by atoms with Crippen molar-refractivity contribution in [1.82, 2.24) is 30.2 Å². The summed E-state index contributed by atoms with van der Waals surface area (Å²) in [5.74, 6) is -1.02. The Bertz CT molecular complexity index is 536. The smallest absolute Gasteiger partial charge is 0.317 e. The molecule has 0 aromatic carbocycles. The Kier molecular flexibility index (Phi) is 13.6. The molecule has 1 fully saturated rings. The summed E-state index contributed by atoms with van der Waals surface area (Å²) < 4.78 is 0. The summed E-state index contributed by atoms with van der Waals surface area (Å²) in [5.41, 5.74) is 0. The molecule has 11 heteroatoms. The third-order valence-corrected chi connectivity index (χ3v) is 5.11. The van der Waals surface area contributed by atoms with Crippen molar-refractivity contribution in [3.63, 3.8) is 0 Å². The van der Waals surface area contributed by atoms with Gasteiger partial charge >= 0.3 is 5.97 Å². The molecule has 0 spiro atoms. The zero-order valence-electron chi connectivity index (χ0n) is 17.9. The van der Waals surface area contributed by atoms with Gasteiger partial charge in [-0.2, -0.15) is 0 Å². The first-order valence-electron chi connectivity index (χ1n) is 10.5. The Hall–Kier alpha value is -2.08. The second-order valence-electron chi connectivity index (χ2n) is 7.27. The van der Waals surface area contributed by atoms with Gasteiger partial charge in [0.25, 0.3) is 0 Å². The van der Waals surface area contributed by atoms with Gasteiger partial charge in [-0.3, -0.25) is 29.1 Å². The van der Waals surface area contributed by atoms with E-state index in [1.165, 1.54) is 0 Å². The molecule has 0 aliphatic carbocycles. The van der Waals surface area contributed by atoms with Crippen molar-refractivity contribution >= 4 is 24.6 Å². The van der Waals surface area contributed by atoms with Gasteiger partial charge in [-0.15, -0.1) is 0 Å². The van der Waals surface area contributed by atoms with Crippen LogP contribution < -0.4 is 10.6 Å². The third-order valence-electron chi connectivity index (χ3n) is 5.11. The number of carboxylic acid groups (broad SMARTS) is 1. The van der Waals surface area contributed by atoms with Crippen LogP contribution in [0.4, 0.5) is 0 Å². The number of carbonyl (C=O) groups is 4. The highest BCUT2D eigenvalue weighted by Gasteiger charge is 2.18. The van der Waals surface area contributed by atoms with Gasteiger partial charge < -0.3 is 25.4 Å². The molecule has 0 saturated carbocycles. The molecule has 11 nitrogen and oxygen atoms in total. The lowest BCUT2D eigenvalue weighted by molar-refractivity contribution is -0.138. The molecule has 1 aliphatic rings. The Morgan fingerprint density at radius 1 is 0.833 bits per heavy atom. The second kappa shape index (κ2) is 15.7. The third kappa shape index (κ3) is 11.8.